The molecule has 0 aromatic heterocycles. The standard InChI is InChI=1S/C16H12F3NO2/c1-9-3-2-4-13(22-16(17)18)15(9)10-5-6-12-11(7-10)8-14(21)20(12)19/h2-7,16H,8H2,1H3. The van der Waals surface area contributed by atoms with E-state index < -0.39 is 12.5 Å². The lowest BCUT2D eigenvalue weighted by Crippen LogP contribution is -2.15. The smallest absolute Gasteiger partial charge is 0.387 e. The monoisotopic (exact) mass is 307 g/mol. The van der Waals surface area contributed by atoms with Gasteiger partial charge in [0.25, 0.3) is 5.91 Å². The number of carbonyl (C=O) groups excluding carboxylic acids is 1. The maximum Gasteiger partial charge on any atom is 0.387 e. The molecule has 3 rings (SSSR count). The molecule has 2 aromatic carbocycles. The summed E-state index contributed by atoms with van der Waals surface area (Å²) in [5.41, 5.74) is 2.58. The number of rotatable bonds is 3. The van der Waals surface area contributed by atoms with E-state index in [4.69, 9.17) is 0 Å². The van der Waals surface area contributed by atoms with Gasteiger partial charge in [0.15, 0.2) is 0 Å². The Balaban J connectivity index is 2.09. The third-order valence-electron chi connectivity index (χ3n) is 3.59. The third-order valence-corrected chi connectivity index (χ3v) is 3.59. The molecule has 0 unspecified atom stereocenters. The molecular formula is C16H12F3NO2. The maximum atomic E-state index is 13.5. The van der Waals surface area contributed by atoms with Gasteiger partial charge in [-0.1, -0.05) is 22.7 Å². The molecule has 1 aliphatic rings. The van der Waals surface area contributed by atoms with Gasteiger partial charge in [0, 0.05) is 5.56 Å². The zero-order valence-corrected chi connectivity index (χ0v) is 11.6. The zero-order valence-electron chi connectivity index (χ0n) is 11.6. The number of anilines is 1. The second-order valence-corrected chi connectivity index (χ2v) is 5.02. The highest BCUT2D eigenvalue weighted by Crippen LogP contribution is 2.38. The minimum absolute atomic E-state index is 0.0450. The van der Waals surface area contributed by atoms with Crippen molar-refractivity contribution in [2.24, 2.45) is 0 Å². The van der Waals surface area contributed by atoms with Gasteiger partial charge in [-0.15, -0.1) is 5.12 Å². The Bertz CT molecular complexity index is 746. The van der Waals surface area contributed by atoms with E-state index in [1.807, 2.05) is 0 Å². The SMILES string of the molecule is Cc1cccc(OC(F)F)c1-c1ccc2c(c1)CC(=O)N2F. The van der Waals surface area contributed by atoms with E-state index in [1.165, 1.54) is 12.1 Å². The quantitative estimate of drug-likeness (QED) is 0.801. The molecule has 1 heterocycles. The lowest BCUT2D eigenvalue weighted by molar-refractivity contribution is -0.119. The third kappa shape index (κ3) is 2.41. The van der Waals surface area contributed by atoms with Crippen LogP contribution < -0.4 is 9.86 Å². The van der Waals surface area contributed by atoms with Crippen molar-refractivity contribution in [3.05, 3.63) is 47.5 Å². The molecule has 22 heavy (non-hydrogen) atoms. The van der Waals surface area contributed by atoms with Crippen molar-refractivity contribution in [3.63, 3.8) is 0 Å². The molecule has 6 heteroatoms. The number of halogens is 3. The van der Waals surface area contributed by atoms with Gasteiger partial charge < -0.3 is 4.74 Å². The fraction of sp³-hybridized carbons (Fsp3) is 0.188. The summed E-state index contributed by atoms with van der Waals surface area (Å²) >= 11 is 0. The molecule has 114 valence electrons. The first-order valence-corrected chi connectivity index (χ1v) is 6.64. The van der Waals surface area contributed by atoms with Crippen LogP contribution in [-0.4, -0.2) is 12.5 Å². The van der Waals surface area contributed by atoms with Crippen LogP contribution in [0.4, 0.5) is 18.9 Å². The molecule has 3 nitrogen and oxygen atoms in total. The van der Waals surface area contributed by atoms with Crippen LogP contribution in [0.1, 0.15) is 11.1 Å². The summed E-state index contributed by atoms with van der Waals surface area (Å²) in [7, 11) is 0. The van der Waals surface area contributed by atoms with E-state index in [0.717, 1.165) is 5.56 Å². The molecule has 0 saturated heterocycles. The largest absolute Gasteiger partial charge is 0.434 e. The average Bonchev–Trinajstić information content (AvgIpc) is 2.73. The molecule has 0 saturated carbocycles. The number of carbonyl (C=O) groups is 1. The number of benzene rings is 2. The van der Waals surface area contributed by atoms with Gasteiger partial charge in [-0.25, -0.2) is 0 Å². The fourth-order valence-corrected chi connectivity index (χ4v) is 2.65. The molecule has 2 aromatic rings. The van der Waals surface area contributed by atoms with Gasteiger partial charge in [0.05, 0.1) is 12.1 Å². The Morgan fingerprint density at radius 2 is 2.00 bits per heavy atom. The normalized spacial score (nSPS) is 13.7. The van der Waals surface area contributed by atoms with Crippen LogP contribution >= 0.6 is 0 Å². The maximum absolute atomic E-state index is 13.5. The molecule has 0 aliphatic carbocycles. The van der Waals surface area contributed by atoms with Crippen molar-refractivity contribution in [3.8, 4) is 16.9 Å². The Morgan fingerprint density at radius 3 is 2.73 bits per heavy atom. The predicted octanol–water partition coefficient (Wildman–Crippen LogP) is 4.04. The number of aryl methyl sites for hydroxylation is 1. The number of hydrogen-bond acceptors (Lipinski definition) is 2. The van der Waals surface area contributed by atoms with Gasteiger partial charge in [0.1, 0.15) is 5.75 Å². The Morgan fingerprint density at radius 1 is 1.23 bits per heavy atom. The van der Waals surface area contributed by atoms with Crippen LogP contribution in [0.25, 0.3) is 11.1 Å². The van der Waals surface area contributed by atoms with E-state index in [2.05, 4.69) is 4.74 Å². The first-order valence-electron chi connectivity index (χ1n) is 6.64. The summed E-state index contributed by atoms with van der Waals surface area (Å²) in [5, 5.41) is 0.105. The number of ether oxygens (including phenoxy) is 1. The molecule has 0 spiro atoms. The molecule has 0 bridgehead atoms. The summed E-state index contributed by atoms with van der Waals surface area (Å²) in [5.74, 6) is -0.586. The lowest BCUT2D eigenvalue weighted by Gasteiger charge is -2.14. The zero-order chi connectivity index (χ0) is 15.9. The van der Waals surface area contributed by atoms with Crippen molar-refractivity contribution >= 4 is 11.6 Å². The van der Waals surface area contributed by atoms with Crippen molar-refractivity contribution in [2.45, 2.75) is 20.0 Å². The summed E-state index contributed by atoms with van der Waals surface area (Å²) < 4.78 is 43.2. The van der Waals surface area contributed by atoms with Crippen molar-refractivity contribution in [1.82, 2.24) is 0 Å². The number of amides is 1. The number of alkyl halides is 2. The molecular weight excluding hydrogens is 295 g/mol. The first-order chi connectivity index (χ1) is 10.5. The van der Waals surface area contributed by atoms with Gasteiger partial charge in [0.2, 0.25) is 0 Å². The van der Waals surface area contributed by atoms with Crippen molar-refractivity contribution in [1.29, 1.82) is 0 Å². The summed E-state index contributed by atoms with van der Waals surface area (Å²) in [6, 6.07) is 9.53. The Kier molecular flexibility index (Phi) is 3.52. The molecule has 1 aliphatic heterocycles. The Labute approximate surface area is 124 Å². The van der Waals surface area contributed by atoms with Crippen LogP contribution in [0.3, 0.4) is 0 Å². The van der Waals surface area contributed by atoms with E-state index in [0.29, 0.717) is 16.7 Å². The summed E-state index contributed by atoms with van der Waals surface area (Å²) in [4.78, 5) is 11.4. The van der Waals surface area contributed by atoms with Gasteiger partial charge in [-0.2, -0.15) is 8.78 Å². The second kappa shape index (κ2) is 5.36. The molecule has 0 fully saturated rings. The summed E-state index contributed by atoms with van der Waals surface area (Å²) in [6.45, 7) is -1.16. The highest BCUT2D eigenvalue weighted by atomic mass is 19.3. The second-order valence-electron chi connectivity index (χ2n) is 5.02. The van der Waals surface area contributed by atoms with Crippen LogP contribution in [0, 0.1) is 6.92 Å². The first kappa shape index (κ1) is 14.4. The highest BCUT2D eigenvalue weighted by Gasteiger charge is 2.28. The Hall–Kier alpha value is -2.50. The number of nitrogens with zero attached hydrogens (tertiary/aromatic N) is 1. The van der Waals surface area contributed by atoms with E-state index in [-0.39, 0.29) is 23.0 Å². The van der Waals surface area contributed by atoms with Gasteiger partial charge >= 0.3 is 6.61 Å². The molecule has 1 amide bonds. The highest BCUT2D eigenvalue weighted by molar-refractivity contribution is 6.00. The van der Waals surface area contributed by atoms with Crippen LogP contribution in [0.5, 0.6) is 5.75 Å². The van der Waals surface area contributed by atoms with Crippen molar-refractivity contribution in [2.75, 3.05) is 5.12 Å². The van der Waals surface area contributed by atoms with Crippen LogP contribution in [0.2, 0.25) is 0 Å². The van der Waals surface area contributed by atoms with Crippen molar-refractivity contribution < 1.29 is 22.8 Å². The molecule has 0 radical (unpaired) electrons. The van der Waals surface area contributed by atoms with E-state index >= 15 is 0 Å². The predicted molar refractivity (Wildman–Crippen MR) is 75.5 cm³/mol. The van der Waals surface area contributed by atoms with E-state index in [9.17, 15) is 18.1 Å². The van der Waals surface area contributed by atoms with Gasteiger partial charge in [-0.3, -0.25) is 4.79 Å². The topological polar surface area (TPSA) is 29.5 Å². The number of fused-ring (bicyclic) bond motifs is 1. The number of hydrogen-bond donors (Lipinski definition) is 0. The average molecular weight is 307 g/mol. The minimum atomic E-state index is -2.93. The van der Waals surface area contributed by atoms with E-state index in [1.54, 1.807) is 31.2 Å². The summed E-state index contributed by atoms with van der Waals surface area (Å²) in [6.07, 6.45) is -0.0450. The fourth-order valence-electron chi connectivity index (χ4n) is 2.65. The molecule has 0 N–H and O–H groups in total. The van der Waals surface area contributed by atoms with Crippen LogP contribution in [0.15, 0.2) is 36.4 Å². The van der Waals surface area contributed by atoms with Gasteiger partial charge in [-0.05, 0) is 41.8 Å². The lowest BCUT2D eigenvalue weighted by atomic mass is 9.97. The molecule has 0 atom stereocenters. The van der Waals surface area contributed by atoms with Crippen LogP contribution in [-0.2, 0) is 11.2 Å². The minimum Gasteiger partial charge on any atom is -0.434 e.